The number of para-hydroxylation sites is 1. The molecule has 1 N–H and O–H groups in total. The minimum absolute atomic E-state index is 0.142. The number of carbonyl (C=O) groups excluding carboxylic acids is 1. The zero-order chi connectivity index (χ0) is 14.4. The first-order chi connectivity index (χ1) is 9.74. The molecular formula is C17H19NO2. The Balaban J connectivity index is 2.15. The summed E-state index contributed by atoms with van der Waals surface area (Å²) < 4.78 is 5.16. The molecule has 0 radical (unpaired) electrons. The van der Waals surface area contributed by atoms with Gasteiger partial charge in [0.25, 0.3) is 0 Å². The molecule has 2 rings (SSSR count). The predicted octanol–water partition coefficient (Wildman–Crippen LogP) is 4.06. The number of anilines is 1. The van der Waals surface area contributed by atoms with E-state index in [1.54, 1.807) is 24.5 Å². The van der Waals surface area contributed by atoms with Crippen LogP contribution >= 0.6 is 0 Å². The maximum Gasteiger partial charge on any atom is 0.248 e. The largest absolute Gasteiger partial charge is 0.465 e. The quantitative estimate of drug-likeness (QED) is 0.832. The van der Waals surface area contributed by atoms with Crippen LogP contribution in [-0.2, 0) is 17.6 Å². The van der Waals surface area contributed by atoms with E-state index in [1.165, 1.54) is 6.08 Å². The molecule has 0 fully saturated rings. The second-order valence-corrected chi connectivity index (χ2v) is 4.50. The maximum atomic E-state index is 12.0. The Morgan fingerprint density at radius 1 is 1.15 bits per heavy atom. The van der Waals surface area contributed by atoms with Gasteiger partial charge < -0.3 is 9.73 Å². The summed E-state index contributed by atoms with van der Waals surface area (Å²) >= 11 is 0. The Bertz CT molecular complexity index is 575. The van der Waals surface area contributed by atoms with E-state index in [1.807, 2.05) is 18.2 Å². The van der Waals surface area contributed by atoms with Crippen LogP contribution in [0.1, 0.15) is 30.7 Å². The summed E-state index contributed by atoms with van der Waals surface area (Å²) in [5.41, 5.74) is 3.25. The van der Waals surface area contributed by atoms with Crippen molar-refractivity contribution in [2.24, 2.45) is 0 Å². The Morgan fingerprint density at radius 3 is 2.40 bits per heavy atom. The zero-order valence-corrected chi connectivity index (χ0v) is 11.8. The highest BCUT2D eigenvalue weighted by atomic mass is 16.3. The molecule has 0 unspecified atom stereocenters. The number of rotatable bonds is 5. The first kappa shape index (κ1) is 14.1. The van der Waals surface area contributed by atoms with E-state index in [2.05, 4.69) is 19.2 Å². The number of hydrogen-bond acceptors (Lipinski definition) is 2. The van der Waals surface area contributed by atoms with Gasteiger partial charge >= 0.3 is 0 Å². The van der Waals surface area contributed by atoms with E-state index in [0.29, 0.717) is 5.76 Å². The van der Waals surface area contributed by atoms with Gasteiger partial charge in [-0.3, -0.25) is 4.79 Å². The topological polar surface area (TPSA) is 42.2 Å². The molecule has 0 aliphatic heterocycles. The molecule has 3 nitrogen and oxygen atoms in total. The molecule has 104 valence electrons. The Hall–Kier alpha value is -2.29. The van der Waals surface area contributed by atoms with Gasteiger partial charge in [-0.2, -0.15) is 0 Å². The van der Waals surface area contributed by atoms with E-state index >= 15 is 0 Å². The highest BCUT2D eigenvalue weighted by molar-refractivity contribution is 6.02. The normalized spacial score (nSPS) is 10.9. The van der Waals surface area contributed by atoms with E-state index < -0.39 is 0 Å². The number of hydrogen-bond donors (Lipinski definition) is 1. The third-order valence-electron chi connectivity index (χ3n) is 3.19. The van der Waals surface area contributed by atoms with E-state index in [-0.39, 0.29) is 5.91 Å². The second kappa shape index (κ2) is 6.75. The molecule has 1 heterocycles. The lowest BCUT2D eigenvalue weighted by atomic mass is 10.0. The number of amides is 1. The van der Waals surface area contributed by atoms with E-state index in [4.69, 9.17) is 4.42 Å². The van der Waals surface area contributed by atoms with Crippen LogP contribution in [0.2, 0.25) is 0 Å². The third-order valence-corrected chi connectivity index (χ3v) is 3.19. The summed E-state index contributed by atoms with van der Waals surface area (Å²) in [4.78, 5) is 12.0. The third kappa shape index (κ3) is 3.38. The smallest absolute Gasteiger partial charge is 0.248 e. The zero-order valence-electron chi connectivity index (χ0n) is 11.8. The molecule has 0 atom stereocenters. The summed E-state index contributed by atoms with van der Waals surface area (Å²) in [5, 5.41) is 2.98. The van der Waals surface area contributed by atoms with Crippen LogP contribution in [0, 0.1) is 0 Å². The molecule has 1 aromatic heterocycles. The van der Waals surface area contributed by atoms with Crippen molar-refractivity contribution in [2.75, 3.05) is 5.32 Å². The molecule has 1 amide bonds. The van der Waals surface area contributed by atoms with Crippen LogP contribution < -0.4 is 5.32 Å². The van der Waals surface area contributed by atoms with Crippen molar-refractivity contribution < 1.29 is 9.21 Å². The highest BCUT2D eigenvalue weighted by Gasteiger charge is 2.08. The fourth-order valence-corrected chi connectivity index (χ4v) is 2.11. The number of carbonyl (C=O) groups is 1. The van der Waals surface area contributed by atoms with E-state index in [9.17, 15) is 4.79 Å². The van der Waals surface area contributed by atoms with Crippen molar-refractivity contribution in [1.29, 1.82) is 0 Å². The minimum Gasteiger partial charge on any atom is -0.465 e. The number of aryl methyl sites for hydroxylation is 2. The standard InChI is InChI=1S/C17H19NO2/c1-3-13-7-5-8-14(4-2)17(13)18-16(19)11-10-15-9-6-12-20-15/h5-12H,3-4H2,1-2H3,(H,18,19). The average molecular weight is 269 g/mol. The summed E-state index contributed by atoms with van der Waals surface area (Å²) in [7, 11) is 0. The SMILES string of the molecule is CCc1cccc(CC)c1NC(=O)C=Cc1ccco1. The van der Waals surface area contributed by atoms with Crippen molar-refractivity contribution >= 4 is 17.7 Å². The number of furan rings is 1. The summed E-state index contributed by atoms with van der Waals surface area (Å²) in [6, 6.07) is 9.72. The van der Waals surface area contributed by atoms with Crippen LogP contribution in [0.5, 0.6) is 0 Å². The molecule has 2 aromatic rings. The molecule has 0 aliphatic rings. The first-order valence-electron chi connectivity index (χ1n) is 6.88. The van der Waals surface area contributed by atoms with Gasteiger partial charge in [0.15, 0.2) is 0 Å². The molecule has 20 heavy (non-hydrogen) atoms. The average Bonchev–Trinajstić information content (AvgIpc) is 2.98. The van der Waals surface area contributed by atoms with E-state index in [0.717, 1.165) is 29.7 Å². The van der Waals surface area contributed by atoms with Gasteiger partial charge in [0.2, 0.25) is 5.91 Å². The van der Waals surface area contributed by atoms with Crippen molar-refractivity contribution in [3.05, 3.63) is 59.6 Å². The fourth-order valence-electron chi connectivity index (χ4n) is 2.11. The molecule has 0 saturated carbocycles. The lowest BCUT2D eigenvalue weighted by Crippen LogP contribution is -2.11. The molecule has 0 saturated heterocycles. The highest BCUT2D eigenvalue weighted by Crippen LogP contribution is 2.22. The van der Waals surface area contributed by atoms with Gasteiger partial charge in [-0.25, -0.2) is 0 Å². The Labute approximate surface area is 119 Å². The molecule has 3 heteroatoms. The monoisotopic (exact) mass is 269 g/mol. The second-order valence-electron chi connectivity index (χ2n) is 4.50. The molecule has 0 aliphatic carbocycles. The first-order valence-corrected chi connectivity index (χ1v) is 6.88. The van der Waals surface area contributed by atoms with Crippen molar-refractivity contribution in [3.63, 3.8) is 0 Å². The summed E-state index contributed by atoms with van der Waals surface area (Å²) in [6.45, 7) is 4.17. The Morgan fingerprint density at radius 2 is 1.85 bits per heavy atom. The number of benzene rings is 1. The minimum atomic E-state index is -0.142. The fraction of sp³-hybridized carbons (Fsp3) is 0.235. The van der Waals surface area contributed by atoms with Crippen molar-refractivity contribution in [3.8, 4) is 0 Å². The van der Waals surface area contributed by atoms with Gasteiger partial charge in [0, 0.05) is 11.8 Å². The van der Waals surface area contributed by atoms with Crippen molar-refractivity contribution in [1.82, 2.24) is 0 Å². The van der Waals surface area contributed by atoms with Crippen LogP contribution in [-0.4, -0.2) is 5.91 Å². The van der Waals surface area contributed by atoms with Gasteiger partial charge in [-0.05, 0) is 42.2 Å². The lowest BCUT2D eigenvalue weighted by molar-refractivity contribution is -0.111. The van der Waals surface area contributed by atoms with Gasteiger partial charge in [-0.15, -0.1) is 0 Å². The molecular weight excluding hydrogens is 250 g/mol. The predicted molar refractivity (Wildman–Crippen MR) is 81.6 cm³/mol. The Kier molecular flexibility index (Phi) is 4.77. The van der Waals surface area contributed by atoms with Gasteiger partial charge in [0.1, 0.15) is 5.76 Å². The van der Waals surface area contributed by atoms with Crippen LogP contribution in [0.25, 0.3) is 6.08 Å². The molecule has 1 aromatic carbocycles. The van der Waals surface area contributed by atoms with Crippen LogP contribution in [0.4, 0.5) is 5.69 Å². The number of nitrogens with one attached hydrogen (secondary N) is 1. The molecule has 0 bridgehead atoms. The lowest BCUT2D eigenvalue weighted by Gasteiger charge is -2.13. The molecule has 0 spiro atoms. The van der Waals surface area contributed by atoms with Gasteiger partial charge in [-0.1, -0.05) is 32.0 Å². The summed E-state index contributed by atoms with van der Waals surface area (Å²) in [6.07, 6.45) is 6.52. The van der Waals surface area contributed by atoms with Crippen molar-refractivity contribution in [2.45, 2.75) is 26.7 Å². The summed E-state index contributed by atoms with van der Waals surface area (Å²) in [5.74, 6) is 0.525. The maximum absolute atomic E-state index is 12.0. The van der Waals surface area contributed by atoms with Gasteiger partial charge in [0.05, 0.1) is 6.26 Å². The van der Waals surface area contributed by atoms with Crippen LogP contribution in [0.15, 0.2) is 47.1 Å². The van der Waals surface area contributed by atoms with Crippen LogP contribution in [0.3, 0.4) is 0 Å².